The monoisotopic (exact) mass is 857 g/mol. The first-order chi connectivity index (χ1) is 30.0. The van der Waals surface area contributed by atoms with Crippen LogP contribution in [-0.2, 0) is 28.6 Å². The zero-order valence-electron chi connectivity index (χ0n) is 40.7. The molecule has 0 rings (SSSR count). The Labute approximate surface area is 378 Å². The SMILES string of the molecule is CCCCCC/C=C\CCCCCCCCCC(=O)OC[C@H](COC(=O)CCCCCCC/C=C\CCCCCC)OC(=O)CCCCCCCCC/C=C\CCCCCC. The van der Waals surface area contributed by atoms with Crippen LogP contribution >= 0.6 is 0 Å². The zero-order valence-corrected chi connectivity index (χ0v) is 40.7. The van der Waals surface area contributed by atoms with E-state index in [0.717, 1.165) is 64.2 Å². The van der Waals surface area contributed by atoms with Crippen LogP contribution in [0.2, 0.25) is 0 Å². The van der Waals surface area contributed by atoms with Crippen LogP contribution in [0.25, 0.3) is 0 Å². The number of rotatable bonds is 48. The molecule has 0 saturated carbocycles. The average Bonchev–Trinajstić information content (AvgIpc) is 3.26. The van der Waals surface area contributed by atoms with Crippen LogP contribution in [-0.4, -0.2) is 37.2 Å². The first-order valence-electron chi connectivity index (χ1n) is 26.5. The molecule has 0 spiro atoms. The number of carbonyl (C=O) groups is 3. The van der Waals surface area contributed by atoms with E-state index in [1.54, 1.807) is 0 Å². The Morgan fingerprint density at radius 1 is 0.311 bits per heavy atom. The van der Waals surface area contributed by atoms with Gasteiger partial charge in [-0.05, 0) is 96.3 Å². The number of carbonyl (C=O) groups excluding carboxylic acids is 3. The number of allylic oxidation sites excluding steroid dienone is 6. The predicted molar refractivity (Wildman–Crippen MR) is 261 cm³/mol. The van der Waals surface area contributed by atoms with Crippen LogP contribution < -0.4 is 0 Å². The molecule has 0 aromatic rings. The molecule has 0 aliphatic carbocycles. The van der Waals surface area contributed by atoms with Gasteiger partial charge in [0.15, 0.2) is 6.10 Å². The van der Waals surface area contributed by atoms with Gasteiger partial charge in [-0.25, -0.2) is 0 Å². The Hall–Kier alpha value is -2.37. The molecule has 6 heteroatoms. The van der Waals surface area contributed by atoms with Crippen molar-refractivity contribution in [1.82, 2.24) is 0 Å². The maximum atomic E-state index is 12.8. The molecule has 0 radical (unpaired) electrons. The smallest absolute Gasteiger partial charge is 0.306 e. The van der Waals surface area contributed by atoms with E-state index >= 15 is 0 Å². The summed E-state index contributed by atoms with van der Waals surface area (Å²) in [5, 5.41) is 0. The molecule has 0 aliphatic rings. The van der Waals surface area contributed by atoms with Crippen molar-refractivity contribution in [3.05, 3.63) is 36.5 Å². The molecule has 0 bridgehead atoms. The van der Waals surface area contributed by atoms with Crippen molar-refractivity contribution >= 4 is 17.9 Å². The Morgan fingerprint density at radius 3 is 0.820 bits per heavy atom. The van der Waals surface area contributed by atoms with E-state index < -0.39 is 6.10 Å². The Kier molecular flexibility index (Phi) is 48.3. The summed E-state index contributed by atoms with van der Waals surface area (Å²) in [7, 11) is 0. The van der Waals surface area contributed by atoms with Gasteiger partial charge in [0.1, 0.15) is 13.2 Å². The molecule has 0 aromatic heterocycles. The Balaban J connectivity index is 4.38. The summed E-state index contributed by atoms with van der Waals surface area (Å²) in [6, 6.07) is 0. The summed E-state index contributed by atoms with van der Waals surface area (Å²) < 4.78 is 16.8. The lowest BCUT2D eigenvalue weighted by Gasteiger charge is -2.18. The molecule has 0 N–H and O–H groups in total. The minimum absolute atomic E-state index is 0.0771. The van der Waals surface area contributed by atoms with Gasteiger partial charge in [-0.1, -0.05) is 198 Å². The van der Waals surface area contributed by atoms with Crippen molar-refractivity contribution in [2.75, 3.05) is 13.2 Å². The van der Waals surface area contributed by atoms with Crippen LogP contribution in [0.15, 0.2) is 36.5 Å². The third-order valence-electron chi connectivity index (χ3n) is 11.6. The lowest BCUT2D eigenvalue weighted by atomic mass is 10.1. The minimum Gasteiger partial charge on any atom is -0.462 e. The maximum absolute atomic E-state index is 12.8. The van der Waals surface area contributed by atoms with E-state index in [0.29, 0.717) is 19.3 Å². The third kappa shape index (κ3) is 48.5. The molecule has 6 nitrogen and oxygen atoms in total. The third-order valence-corrected chi connectivity index (χ3v) is 11.6. The van der Waals surface area contributed by atoms with Gasteiger partial charge >= 0.3 is 17.9 Å². The fourth-order valence-corrected chi connectivity index (χ4v) is 7.54. The second-order valence-corrected chi connectivity index (χ2v) is 17.8. The summed E-state index contributed by atoms with van der Waals surface area (Å²) in [5.74, 6) is -0.885. The molecule has 0 amide bonds. The van der Waals surface area contributed by atoms with E-state index in [-0.39, 0.29) is 31.1 Å². The normalized spacial score (nSPS) is 12.2. The van der Waals surface area contributed by atoms with Crippen molar-refractivity contribution in [1.29, 1.82) is 0 Å². The maximum Gasteiger partial charge on any atom is 0.306 e. The van der Waals surface area contributed by atoms with Gasteiger partial charge in [0.25, 0.3) is 0 Å². The lowest BCUT2D eigenvalue weighted by Crippen LogP contribution is -2.30. The highest BCUT2D eigenvalue weighted by Crippen LogP contribution is 2.15. The van der Waals surface area contributed by atoms with Crippen molar-refractivity contribution in [3.63, 3.8) is 0 Å². The largest absolute Gasteiger partial charge is 0.462 e. The van der Waals surface area contributed by atoms with Gasteiger partial charge in [-0.3, -0.25) is 14.4 Å². The quantitative estimate of drug-likeness (QED) is 0.0262. The van der Waals surface area contributed by atoms with E-state index in [1.165, 1.54) is 173 Å². The molecular formula is C55H100O6. The van der Waals surface area contributed by atoms with Gasteiger partial charge in [0.05, 0.1) is 0 Å². The predicted octanol–water partition coefficient (Wildman–Crippen LogP) is 17.3. The Bertz CT molecular complexity index is 1030. The van der Waals surface area contributed by atoms with Gasteiger partial charge < -0.3 is 14.2 Å². The average molecular weight is 857 g/mol. The van der Waals surface area contributed by atoms with Crippen LogP contribution in [0.5, 0.6) is 0 Å². The van der Waals surface area contributed by atoms with Gasteiger partial charge in [0.2, 0.25) is 0 Å². The number of hydrogen-bond donors (Lipinski definition) is 0. The second kappa shape index (κ2) is 50.3. The van der Waals surface area contributed by atoms with Crippen LogP contribution in [0.4, 0.5) is 0 Å². The zero-order chi connectivity index (χ0) is 44.4. The summed E-state index contributed by atoms with van der Waals surface area (Å²) in [6.07, 6.45) is 58.3. The second-order valence-electron chi connectivity index (χ2n) is 17.8. The first kappa shape index (κ1) is 58.6. The van der Waals surface area contributed by atoms with Crippen molar-refractivity contribution < 1.29 is 28.6 Å². The highest BCUT2D eigenvalue weighted by Gasteiger charge is 2.19. The van der Waals surface area contributed by atoms with Gasteiger partial charge in [-0.15, -0.1) is 0 Å². The fourth-order valence-electron chi connectivity index (χ4n) is 7.54. The molecule has 0 unspecified atom stereocenters. The standard InChI is InChI=1S/C55H100O6/c1-4-7-10-13-16-19-22-25-27-30-33-36-39-42-45-48-54(57)60-51-52(50-59-53(56)47-44-41-38-35-32-29-24-21-18-15-12-9-6-3)61-55(58)49-46-43-40-37-34-31-28-26-23-20-17-14-11-8-5-2/h19-24,52H,4-18,25-51H2,1-3H3/b22-19-,23-20-,24-21-/t52-/m0/s1. The fraction of sp³-hybridized carbons (Fsp3) is 0.836. The van der Waals surface area contributed by atoms with Crippen LogP contribution in [0.1, 0.15) is 278 Å². The van der Waals surface area contributed by atoms with Crippen LogP contribution in [0, 0.1) is 0 Å². The topological polar surface area (TPSA) is 78.9 Å². The molecule has 356 valence electrons. The lowest BCUT2D eigenvalue weighted by molar-refractivity contribution is -0.167. The Morgan fingerprint density at radius 2 is 0.541 bits per heavy atom. The molecule has 0 aliphatic heterocycles. The number of hydrogen-bond acceptors (Lipinski definition) is 6. The molecule has 0 saturated heterocycles. The highest BCUT2D eigenvalue weighted by atomic mass is 16.6. The summed E-state index contributed by atoms with van der Waals surface area (Å²) >= 11 is 0. The number of ether oxygens (including phenoxy) is 3. The molecule has 0 aromatic carbocycles. The molecule has 0 fully saturated rings. The van der Waals surface area contributed by atoms with Crippen molar-refractivity contribution in [3.8, 4) is 0 Å². The number of unbranched alkanes of at least 4 members (excludes halogenated alkanes) is 31. The first-order valence-corrected chi connectivity index (χ1v) is 26.5. The highest BCUT2D eigenvalue weighted by molar-refractivity contribution is 5.71. The van der Waals surface area contributed by atoms with E-state index in [4.69, 9.17) is 14.2 Å². The summed E-state index contributed by atoms with van der Waals surface area (Å²) in [4.78, 5) is 38.0. The van der Waals surface area contributed by atoms with Gasteiger partial charge in [0, 0.05) is 19.3 Å². The van der Waals surface area contributed by atoms with Crippen molar-refractivity contribution in [2.45, 2.75) is 284 Å². The number of esters is 3. The summed E-state index contributed by atoms with van der Waals surface area (Å²) in [6.45, 7) is 6.60. The van der Waals surface area contributed by atoms with Crippen LogP contribution in [0.3, 0.4) is 0 Å². The molecule has 1 atom stereocenters. The van der Waals surface area contributed by atoms with Crippen molar-refractivity contribution in [2.24, 2.45) is 0 Å². The van der Waals surface area contributed by atoms with Gasteiger partial charge in [-0.2, -0.15) is 0 Å². The van der Waals surface area contributed by atoms with E-state index in [2.05, 4.69) is 57.2 Å². The molecular weight excluding hydrogens is 757 g/mol. The minimum atomic E-state index is -0.776. The summed E-state index contributed by atoms with van der Waals surface area (Å²) in [5.41, 5.74) is 0. The molecule has 0 heterocycles. The molecule has 61 heavy (non-hydrogen) atoms. The van der Waals surface area contributed by atoms with E-state index in [9.17, 15) is 14.4 Å². The van der Waals surface area contributed by atoms with E-state index in [1.807, 2.05) is 0 Å².